The van der Waals surface area contributed by atoms with Crippen LogP contribution in [0.25, 0.3) is 0 Å². The molecule has 0 saturated carbocycles. The molecular formula is C8H11ClN4OS. The Morgan fingerprint density at radius 1 is 1.80 bits per heavy atom. The average molecular weight is 247 g/mol. The molecule has 0 amide bonds. The molecule has 0 aliphatic carbocycles. The largest absolute Gasteiger partial charge is 0.343 e. The quantitative estimate of drug-likeness (QED) is 0.626. The second kappa shape index (κ2) is 5.83. The summed E-state index contributed by atoms with van der Waals surface area (Å²) < 4.78 is 1.55. The van der Waals surface area contributed by atoms with Crippen LogP contribution in [-0.4, -0.2) is 25.9 Å². The highest BCUT2D eigenvalue weighted by molar-refractivity contribution is 7.99. The highest BCUT2D eigenvalue weighted by atomic mass is 35.5. The predicted molar refractivity (Wildman–Crippen MR) is 59.1 cm³/mol. The predicted octanol–water partition coefficient (Wildman–Crippen LogP) is 1.20. The molecule has 0 saturated heterocycles. The van der Waals surface area contributed by atoms with Crippen LogP contribution in [0.4, 0.5) is 0 Å². The molecule has 0 fully saturated rings. The van der Waals surface area contributed by atoms with Gasteiger partial charge in [0, 0.05) is 12.3 Å². The van der Waals surface area contributed by atoms with E-state index in [9.17, 15) is 4.79 Å². The maximum atomic E-state index is 11.3. The summed E-state index contributed by atoms with van der Waals surface area (Å²) in [6.07, 6.45) is 0.857. The Kier molecular flexibility index (Phi) is 4.72. The standard InChI is InChI=1S/C8H11ClN4OS/c1-2-3-13-7(14)11-12-8(13)15-5-6(9)4-10/h6H,2-3,5H2,1H3,(H,11,14). The Morgan fingerprint density at radius 3 is 3.13 bits per heavy atom. The number of halogens is 1. The highest BCUT2D eigenvalue weighted by Crippen LogP contribution is 2.16. The van der Waals surface area contributed by atoms with Crippen molar-refractivity contribution in [2.75, 3.05) is 5.75 Å². The first kappa shape index (κ1) is 12.1. The van der Waals surface area contributed by atoms with Crippen molar-refractivity contribution in [1.82, 2.24) is 14.8 Å². The number of nitrogens with zero attached hydrogens (tertiary/aromatic N) is 3. The van der Waals surface area contributed by atoms with Crippen LogP contribution in [0.15, 0.2) is 9.95 Å². The van der Waals surface area contributed by atoms with Crippen molar-refractivity contribution in [3.8, 4) is 6.07 Å². The van der Waals surface area contributed by atoms with E-state index in [-0.39, 0.29) is 5.69 Å². The summed E-state index contributed by atoms with van der Waals surface area (Å²) in [6, 6.07) is 1.91. The fraction of sp³-hybridized carbons (Fsp3) is 0.625. The number of aromatic amines is 1. The van der Waals surface area contributed by atoms with Gasteiger partial charge in [-0.15, -0.1) is 16.7 Å². The number of hydrogen-bond donors (Lipinski definition) is 1. The molecular weight excluding hydrogens is 236 g/mol. The van der Waals surface area contributed by atoms with Crippen molar-refractivity contribution in [1.29, 1.82) is 5.26 Å². The van der Waals surface area contributed by atoms with Crippen LogP contribution in [0.1, 0.15) is 13.3 Å². The molecule has 15 heavy (non-hydrogen) atoms. The van der Waals surface area contributed by atoms with Gasteiger partial charge in [0.25, 0.3) is 0 Å². The second-order valence-corrected chi connectivity index (χ2v) is 4.38. The summed E-state index contributed by atoms with van der Waals surface area (Å²) in [5, 5.41) is 14.8. The van der Waals surface area contributed by atoms with Gasteiger partial charge in [0.05, 0.1) is 6.07 Å². The molecule has 1 aromatic heterocycles. The van der Waals surface area contributed by atoms with Crippen LogP contribution < -0.4 is 5.69 Å². The van der Waals surface area contributed by atoms with Gasteiger partial charge in [0.2, 0.25) is 0 Å². The summed E-state index contributed by atoms with van der Waals surface area (Å²) in [7, 11) is 0. The minimum absolute atomic E-state index is 0.220. The van der Waals surface area contributed by atoms with Crippen molar-refractivity contribution in [3.05, 3.63) is 10.5 Å². The van der Waals surface area contributed by atoms with E-state index in [4.69, 9.17) is 16.9 Å². The van der Waals surface area contributed by atoms with Crippen LogP contribution in [0.3, 0.4) is 0 Å². The third-order valence-electron chi connectivity index (χ3n) is 1.67. The molecule has 0 aliphatic rings. The molecule has 7 heteroatoms. The third-order valence-corrected chi connectivity index (χ3v) is 3.17. The normalized spacial score (nSPS) is 12.3. The number of thioether (sulfide) groups is 1. The lowest BCUT2D eigenvalue weighted by Gasteiger charge is -2.02. The van der Waals surface area contributed by atoms with E-state index in [0.717, 1.165) is 6.42 Å². The van der Waals surface area contributed by atoms with Gasteiger partial charge in [-0.3, -0.25) is 4.57 Å². The van der Waals surface area contributed by atoms with Gasteiger partial charge in [0.1, 0.15) is 5.38 Å². The monoisotopic (exact) mass is 246 g/mol. The topological polar surface area (TPSA) is 74.5 Å². The molecule has 1 rings (SSSR count). The van der Waals surface area contributed by atoms with Gasteiger partial charge >= 0.3 is 5.69 Å². The number of hydrogen-bond acceptors (Lipinski definition) is 4. The molecule has 1 unspecified atom stereocenters. The maximum Gasteiger partial charge on any atom is 0.343 e. The summed E-state index contributed by atoms with van der Waals surface area (Å²) in [6.45, 7) is 2.60. The summed E-state index contributed by atoms with van der Waals surface area (Å²) in [4.78, 5) is 11.3. The van der Waals surface area contributed by atoms with Crippen LogP contribution in [0, 0.1) is 11.3 Å². The Labute approximate surface area is 96.4 Å². The number of nitrogens with one attached hydrogen (secondary N) is 1. The van der Waals surface area contributed by atoms with Crippen molar-refractivity contribution in [3.63, 3.8) is 0 Å². The first-order chi connectivity index (χ1) is 7.19. The lowest BCUT2D eigenvalue weighted by atomic mass is 10.5. The smallest absolute Gasteiger partial charge is 0.270 e. The van der Waals surface area contributed by atoms with E-state index >= 15 is 0 Å². The van der Waals surface area contributed by atoms with Crippen LogP contribution in [-0.2, 0) is 6.54 Å². The van der Waals surface area contributed by atoms with E-state index in [1.807, 2.05) is 13.0 Å². The van der Waals surface area contributed by atoms with Crippen molar-refractivity contribution >= 4 is 23.4 Å². The zero-order valence-electron chi connectivity index (χ0n) is 8.23. The van der Waals surface area contributed by atoms with Crippen molar-refractivity contribution in [2.45, 2.75) is 30.4 Å². The second-order valence-electron chi connectivity index (χ2n) is 2.87. The SMILES string of the molecule is CCCn1c(SCC(Cl)C#N)n[nH]c1=O. The molecule has 0 radical (unpaired) electrons. The molecule has 82 valence electrons. The Morgan fingerprint density at radius 2 is 2.53 bits per heavy atom. The fourth-order valence-electron chi connectivity index (χ4n) is 1.02. The Balaban J connectivity index is 2.69. The van der Waals surface area contributed by atoms with Gasteiger partial charge in [-0.05, 0) is 6.42 Å². The number of nitriles is 1. The summed E-state index contributed by atoms with van der Waals surface area (Å²) in [5.74, 6) is 0.423. The summed E-state index contributed by atoms with van der Waals surface area (Å²) >= 11 is 6.95. The van der Waals surface area contributed by atoms with E-state index in [2.05, 4.69) is 10.2 Å². The summed E-state index contributed by atoms with van der Waals surface area (Å²) in [5.41, 5.74) is -0.220. The average Bonchev–Trinajstić information content (AvgIpc) is 2.58. The molecule has 1 atom stereocenters. The van der Waals surface area contributed by atoms with Crippen LogP contribution in [0.2, 0.25) is 0 Å². The Hall–Kier alpha value is -0.930. The zero-order chi connectivity index (χ0) is 11.3. The molecule has 1 N–H and O–H groups in total. The third kappa shape index (κ3) is 3.29. The van der Waals surface area contributed by atoms with Gasteiger partial charge < -0.3 is 0 Å². The number of H-pyrrole nitrogens is 1. The first-order valence-electron chi connectivity index (χ1n) is 4.50. The Bertz CT molecular complexity index is 408. The molecule has 1 heterocycles. The van der Waals surface area contributed by atoms with Crippen molar-refractivity contribution in [2.24, 2.45) is 0 Å². The van der Waals surface area contributed by atoms with Crippen LogP contribution >= 0.6 is 23.4 Å². The van der Waals surface area contributed by atoms with Gasteiger partial charge in [-0.1, -0.05) is 18.7 Å². The molecule has 0 aromatic carbocycles. The van der Waals surface area contributed by atoms with Gasteiger partial charge in [-0.25, -0.2) is 9.89 Å². The van der Waals surface area contributed by atoms with E-state index in [0.29, 0.717) is 17.5 Å². The fourth-order valence-corrected chi connectivity index (χ4v) is 2.02. The molecule has 0 spiro atoms. The van der Waals surface area contributed by atoms with Gasteiger partial charge in [0.15, 0.2) is 5.16 Å². The molecule has 5 nitrogen and oxygen atoms in total. The number of rotatable bonds is 5. The number of alkyl halides is 1. The lowest BCUT2D eigenvalue weighted by Crippen LogP contribution is -2.17. The van der Waals surface area contributed by atoms with Gasteiger partial charge in [-0.2, -0.15) is 5.26 Å². The van der Waals surface area contributed by atoms with E-state index in [1.54, 1.807) is 4.57 Å². The highest BCUT2D eigenvalue weighted by Gasteiger charge is 2.10. The van der Waals surface area contributed by atoms with E-state index in [1.165, 1.54) is 11.8 Å². The molecule has 0 bridgehead atoms. The number of aromatic nitrogens is 3. The van der Waals surface area contributed by atoms with E-state index < -0.39 is 5.38 Å². The minimum Gasteiger partial charge on any atom is -0.270 e. The zero-order valence-corrected chi connectivity index (χ0v) is 9.81. The minimum atomic E-state index is -0.558. The first-order valence-corrected chi connectivity index (χ1v) is 5.93. The van der Waals surface area contributed by atoms with Crippen LogP contribution in [0.5, 0.6) is 0 Å². The lowest BCUT2D eigenvalue weighted by molar-refractivity contribution is 0.604. The molecule has 1 aromatic rings. The van der Waals surface area contributed by atoms with Crippen molar-refractivity contribution < 1.29 is 0 Å². The maximum absolute atomic E-state index is 11.3. The molecule has 0 aliphatic heterocycles.